The number of aliphatic hydroxyl groups excluding tert-OH is 2. The van der Waals surface area contributed by atoms with Gasteiger partial charge in [0.25, 0.3) is 0 Å². The van der Waals surface area contributed by atoms with Gasteiger partial charge in [-0.2, -0.15) is 0 Å². The average molecular weight is 271 g/mol. The van der Waals surface area contributed by atoms with Crippen LogP contribution in [0, 0.1) is 0 Å². The van der Waals surface area contributed by atoms with Gasteiger partial charge in [-0.3, -0.25) is 5.32 Å². The van der Waals surface area contributed by atoms with Crippen molar-refractivity contribution in [3.63, 3.8) is 0 Å². The SMILES string of the molecule is OCCCC(O)NC(c1ccccc1)c1ccccc1. The molecule has 0 spiro atoms. The van der Waals surface area contributed by atoms with Gasteiger partial charge in [-0.05, 0) is 24.0 Å². The second kappa shape index (κ2) is 7.80. The van der Waals surface area contributed by atoms with Crippen molar-refractivity contribution in [3.05, 3.63) is 71.8 Å². The summed E-state index contributed by atoms with van der Waals surface area (Å²) in [5.74, 6) is 0. The van der Waals surface area contributed by atoms with Crippen LogP contribution in [0.15, 0.2) is 60.7 Å². The summed E-state index contributed by atoms with van der Waals surface area (Å²) in [4.78, 5) is 0. The summed E-state index contributed by atoms with van der Waals surface area (Å²) >= 11 is 0. The molecular weight excluding hydrogens is 250 g/mol. The molecule has 0 saturated heterocycles. The van der Waals surface area contributed by atoms with Crippen molar-refractivity contribution >= 4 is 0 Å². The van der Waals surface area contributed by atoms with Crippen LogP contribution in [0.5, 0.6) is 0 Å². The van der Waals surface area contributed by atoms with Gasteiger partial charge in [0, 0.05) is 6.61 Å². The third kappa shape index (κ3) is 4.17. The van der Waals surface area contributed by atoms with Crippen molar-refractivity contribution in [1.29, 1.82) is 0 Å². The second-order valence-corrected chi connectivity index (χ2v) is 4.80. The van der Waals surface area contributed by atoms with Gasteiger partial charge in [0.15, 0.2) is 0 Å². The molecule has 2 aromatic rings. The first kappa shape index (κ1) is 14.7. The Balaban J connectivity index is 2.17. The predicted octanol–water partition coefficient (Wildman–Crippen LogP) is 2.46. The minimum atomic E-state index is -0.632. The highest BCUT2D eigenvalue weighted by Gasteiger charge is 2.16. The molecule has 0 heterocycles. The quantitative estimate of drug-likeness (QED) is 0.678. The highest BCUT2D eigenvalue weighted by Crippen LogP contribution is 2.22. The van der Waals surface area contributed by atoms with Crippen LogP contribution in [0.4, 0.5) is 0 Å². The van der Waals surface area contributed by atoms with Gasteiger partial charge in [-0.15, -0.1) is 0 Å². The third-order valence-electron chi connectivity index (χ3n) is 3.26. The molecule has 0 bridgehead atoms. The fourth-order valence-electron chi connectivity index (χ4n) is 2.24. The molecule has 0 aromatic heterocycles. The van der Waals surface area contributed by atoms with E-state index in [1.807, 2.05) is 60.7 Å². The molecule has 1 unspecified atom stereocenters. The van der Waals surface area contributed by atoms with E-state index in [0.717, 1.165) is 11.1 Å². The van der Waals surface area contributed by atoms with Crippen LogP contribution >= 0.6 is 0 Å². The molecule has 0 aliphatic carbocycles. The second-order valence-electron chi connectivity index (χ2n) is 4.80. The number of aliphatic hydroxyl groups is 2. The van der Waals surface area contributed by atoms with Crippen molar-refractivity contribution in [2.24, 2.45) is 0 Å². The Kier molecular flexibility index (Phi) is 5.74. The van der Waals surface area contributed by atoms with Crippen molar-refractivity contribution < 1.29 is 10.2 Å². The minimum Gasteiger partial charge on any atom is -0.396 e. The Morgan fingerprint density at radius 3 is 1.80 bits per heavy atom. The molecule has 0 aliphatic rings. The molecule has 20 heavy (non-hydrogen) atoms. The van der Waals surface area contributed by atoms with Crippen LogP contribution in [0.2, 0.25) is 0 Å². The van der Waals surface area contributed by atoms with E-state index in [-0.39, 0.29) is 12.6 Å². The molecule has 2 rings (SSSR count). The molecule has 3 heteroatoms. The number of rotatable bonds is 7. The molecule has 3 nitrogen and oxygen atoms in total. The van der Waals surface area contributed by atoms with Crippen molar-refractivity contribution in [1.82, 2.24) is 5.32 Å². The van der Waals surface area contributed by atoms with Gasteiger partial charge in [-0.1, -0.05) is 60.7 Å². The van der Waals surface area contributed by atoms with Gasteiger partial charge in [-0.25, -0.2) is 0 Å². The van der Waals surface area contributed by atoms with Gasteiger partial charge < -0.3 is 10.2 Å². The Morgan fingerprint density at radius 2 is 1.35 bits per heavy atom. The fraction of sp³-hybridized carbons (Fsp3) is 0.294. The Labute approximate surface area is 119 Å². The molecule has 1 atom stereocenters. The first-order valence-electron chi connectivity index (χ1n) is 6.96. The molecule has 0 aliphatic heterocycles. The van der Waals surface area contributed by atoms with Crippen LogP contribution in [0.1, 0.15) is 30.0 Å². The Bertz CT molecular complexity index is 447. The molecule has 2 aromatic carbocycles. The topological polar surface area (TPSA) is 52.5 Å². The highest BCUT2D eigenvalue weighted by molar-refractivity contribution is 5.31. The number of hydrogen-bond donors (Lipinski definition) is 3. The van der Waals surface area contributed by atoms with Gasteiger partial charge in [0.1, 0.15) is 6.23 Å². The molecule has 106 valence electrons. The largest absolute Gasteiger partial charge is 0.396 e. The van der Waals surface area contributed by atoms with Gasteiger partial charge in [0.05, 0.1) is 6.04 Å². The van der Waals surface area contributed by atoms with Crippen LogP contribution in [0.25, 0.3) is 0 Å². The van der Waals surface area contributed by atoms with E-state index in [0.29, 0.717) is 12.8 Å². The molecule has 0 fully saturated rings. The highest BCUT2D eigenvalue weighted by atomic mass is 16.3. The summed E-state index contributed by atoms with van der Waals surface area (Å²) in [6, 6.07) is 20.1. The molecule has 3 N–H and O–H groups in total. The lowest BCUT2D eigenvalue weighted by atomic mass is 9.98. The van der Waals surface area contributed by atoms with E-state index in [1.54, 1.807) is 0 Å². The van der Waals surface area contributed by atoms with Crippen LogP contribution in [0.3, 0.4) is 0 Å². The summed E-state index contributed by atoms with van der Waals surface area (Å²) < 4.78 is 0. The monoisotopic (exact) mass is 271 g/mol. The van der Waals surface area contributed by atoms with Crippen LogP contribution in [-0.4, -0.2) is 23.0 Å². The molecular formula is C17H21NO2. The number of benzene rings is 2. The van der Waals surface area contributed by atoms with E-state index < -0.39 is 6.23 Å². The van der Waals surface area contributed by atoms with E-state index >= 15 is 0 Å². The van der Waals surface area contributed by atoms with E-state index in [4.69, 9.17) is 5.11 Å². The van der Waals surface area contributed by atoms with Gasteiger partial charge in [0.2, 0.25) is 0 Å². The number of nitrogens with one attached hydrogen (secondary N) is 1. The maximum atomic E-state index is 10.1. The van der Waals surface area contributed by atoms with Crippen molar-refractivity contribution in [3.8, 4) is 0 Å². The third-order valence-corrected chi connectivity index (χ3v) is 3.26. The maximum Gasteiger partial charge on any atom is 0.105 e. The smallest absolute Gasteiger partial charge is 0.105 e. The van der Waals surface area contributed by atoms with E-state index in [1.165, 1.54) is 0 Å². The first-order valence-corrected chi connectivity index (χ1v) is 6.96. The normalized spacial score (nSPS) is 12.6. The fourth-order valence-corrected chi connectivity index (χ4v) is 2.24. The number of hydrogen-bond acceptors (Lipinski definition) is 3. The maximum absolute atomic E-state index is 10.1. The average Bonchev–Trinajstić information content (AvgIpc) is 2.52. The Hall–Kier alpha value is -1.68. The standard InChI is InChI=1S/C17H21NO2/c19-13-7-12-16(20)18-17(14-8-3-1-4-9-14)15-10-5-2-6-11-15/h1-6,8-11,16-20H,7,12-13H2. The first-order chi connectivity index (χ1) is 9.81. The predicted molar refractivity (Wildman–Crippen MR) is 80.2 cm³/mol. The molecule has 0 saturated carbocycles. The lowest BCUT2D eigenvalue weighted by Gasteiger charge is -2.23. The zero-order chi connectivity index (χ0) is 14.2. The molecule has 0 radical (unpaired) electrons. The lowest BCUT2D eigenvalue weighted by Crippen LogP contribution is -2.33. The van der Waals surface area contributed by atoms with E-state index in [2.05, 4.69) is 5.32 Å². The summed E-state index contributed by atoms with van der Waals surface area (Å²) in [5, 5.41) is 22.1. The lowest BCUT2D eigenvalue weighted by molar-refractivity contribution is 0.108. The van der Waals surface area contributed by atoms with Crippen molar-refractivity contribution in [2.45, 2.75) is 25.1 Å². The van der Waals surface area contributed by atoms with Crippen LogP contribution < -0.4 is 5.32 Å². The minimum absolute atomic E-state index is 0.0499. The van der Waals surface area contributed by atoms with Crippen molar-refractivity contribution in [2.75, 3.05) is 6.61 Å². The zero-order valence-corrected chi connectivity index (χ0v) is 11.4. The summed E-state index contributed by atoms with van der Waals surface area (Å²) in [6.45, 7) is 0.0973. The summed E-state index contributed by atoms with van der Waals surface area (Å²) in [7, 11) is 0. The summed E-state index contributed by atoms with van der Waals surface area (Å²) in [6.07, 6.45) is 0.490. The zero-order valence-electron chi connectivity index (χ0n) is 11.4. The summed E-state index contributed by atoms with van der Waals surface area (Å²) in [5.41, 5.74) is 2.23. The molecule has 0 amide bonds. The Morgan fingerprint density at radius 1 is 0.850 bits per heavy atom. The van der Waals surface area contributed by atoms with Crippen LogP contribution in [-0.2, 0) is 0 Å². The van der Waals surface area contributed by atoms with Gasteiger partial charge >= 0.3 is 0 Å². The van der Waals surface area contributed by atoms with E-state index in [9.17, 15) is 5.11 Å².